The highest BCUT2D eigenvalue weighted by Gasteiger charge is 2.06. The van der Waals surface area contributed by atoms with Gasteiger partial charge in [-0.1, -0.05) is 130 Å². The molecule has 6 heteroatoms. The van der Waals surface area contributed by atoms with Gasteiger partial charge >= 0.3 is 0 Å². The molecular formula is C52H46N2OS3. The van der Waals surface area contributed by atoms with E-state index in [0.29, 0.717) is 0 Å². The van der Waals surface area contributed by atoms with Gasteiger partial charge in [-0.2, -0.15) is 0 Å². The first kappa shape index (κ1) is 40.3. The molecule has 58 heavy (non-hydrogen) atoms. The number of benzene rings is 6. The summed E-state index contributed by atoms with van der Waals surface area (Å²) in [7, 11) is 0. The minimum Gasteiger partial charge on any atom is -0.454 e. The molecule has 0 saturated heterocycles. The molecule has 6 aromatic heterocycles. The molecule has 0 aliphatic heterocycles. The molecule has 6 aromatic carbocycles. The third-order valence-electron chi connectivity index (χ3n) is 9.50. The molecule has 0 fully saturated rings. The number of fused-ring (bicyclic) bond motifs is 12. The molecule has 0 radical (unpaired) electrons. The van der Waals surface area contributed by atoms with Gasteiger partial charge in [0.05, 0.1) is 10.9 Å². The van der Waals surface area contributed by atoms with Gasteiger partial charge in [0.25, 0.3) is 0 Å². The number of hydrogen-bond donors (Lipinski definition) is 0. The van der Waals surface area contributed by atoms with E-state index in [1.165, 1.54) is 71.6 Å². The maximum atomic E-state index is 5.59. The maximum absolute atomic E-state index is 5.59. The number of rotatable bonds is 0. The molecule has 0 amide bonds. The van der Waals surface area contributed by atoms with Gasteiger partial charge in [-0.05, 0) is 67.9 Å². The van der Waals surface area contributed by atoms with Crippen LogP contribution in [0.1, 0.15) is 38.8 Å². The highest BCUT2D eigenvalue weighted by molar-refractivity contribution is 7.26. The van der Waals surface area contributed by atoms with Crippen LogP contribution in [0.25, 0.3) is 82.5 Å². The molecule has 0 bridgehead atoms. The Morgan fingerprint density at radius 2 is 0.862 bits per heavy atom. The molecule has 0 spiro atoms. The topological polar surface area (TPSA) is 38.9 Å². The highest BCUT2D eigenvalue weighted by atomic mass is 32.1. The quantitative estimate of drug-likeness (QED) is 0.153. The average molecular weight is 811 g/mol. The Morgan fingerprint density at radius 1 is 0.379 bits per heavy atom. The summed E-state index contributed by atoms with van der Waals surface area (Å²) in [5, 5.41) is 10.5. The summed E-state index contributed by atoms with van der Waals surface area (Å²) in [6.07, 6.45) is 7.31. The molecule has 0 N–H and O–H groups in total. The molecule has 0 aliphatic carbocycles. The smallest absolute Gasteiger partial charge is 0.153 e. The molecule has 3 nitrogen and oxygen atoms in total. The van der Waals surface area contributed by atoms with Crippen LogP contribution in [0.15, 0.2) is 175 Å². The summed E-state index contributed by atoms with van der Waals surface area (Å²) >= 11 is 5.56. The summed E-state index contributed by atoms with van der Waals surface area (Å²) in [6.45, 7) is 12.3. The fraction of sp³-hybridized carbons (Fsp3) is 0.115. The van der Waals surface area contributed by atoms with Crippen molar-refractivity contribution in [1.82, 2.24) is 9.97 Å². The van der Waals surface area contributed by atoms with Crippen molar-refractivity contribution < 1.29 is 4.42 Å². The molecule has 12 rings (SSSR count). The molecular weight excluding hydrogens is 765 g/mol. The number of pyridine rings is 2. The summed E-state index contributed by atoms with van der Waals surface area (Å²) in [6, 6.07) is 50.9. The van der Waals surface area contributed by atoms with Gasteiger partial charge in [-0.3, -0.25) is 9.97 Å². The highest BCUT2D eigenvalue weighted by Crippen LogP contribution is 2.36. The molecule has 0 aliphatic rings. The van der Waals surface area contributed by atoms with Crippen molar-refractivity contribution in [3.05, 3.63) is 182 Å². The summed E-state index contributed by atoms with van der Waals surface area (Å²) in [4.78, 5) is 8.13. The minimum absolute atomic E-state index is 0.851. The van der Waals surface area contributed by atoms with Crippen LogP contribution in [0.4, 0.5) is 0 Å². The van der Waals surface area contributed by atoms with Gasteiger partial charge in [0, 0.05) is 85.2 Å². The first-order valence-corrected chi connectivity index (χ1v) is 22.2. The van der Waals surface area contributed by atoms with Crippen molar-refractivity contribution in [3.8, 4) is 0 Å². The first-order chi connectivity index (χ1) is 28.6. The summed E-state index contributed by atoms with van der Waals surface area (Å²) < 4.78 is 13.8. The molecule has 288 valence electrons. The second-order valence-corrected chi connectivity index (χ2v) is 16.3. The number of furan rings is 1. The Morgan fingerprint density at radius 3 is 1.57 bits per heavy atom. The molecule has 12 aromatic rings. The van der Waals surface area contributed by atoms with Gasteiger partial charge < -0.3 is 4.42 Å². The van der Waals surface area contributed by atoms with Crippen molar-refractivity contribution in [2.45, 2.75) is 41.5 Å². The van der Waals surface area contributed by atoms with Crippen molar-refractivity contribution >= 4 is 116 Å². The van der Waals surface area contributed by atoms with E-state index in [0.717, 1.165) is 21.9 Å². The fourth-order valence-electron chi connectivity index (χ4n) is 6.89. The van der Waals surface area contributed by atoms with E-state index < -0.39 is 0 Å². The molecule has 0 atom stereocenters. The van der Waals surface area contributed by atoms with Crippen molar-refractivity contribution in [3.63, 3.8) is 0 Å². The monoisotopic (exact) mass is 810 g/mol. The Hall–Kier alpha value is -5.92. The van der Waals surface area contributed by atoms with Gasteiger partial charge in [0.1, 0.15) is 5.58 Å². The second-order valence-electron chi connectivity index (χ2n) is 13.1. The molecule has 0 saturated carbocycles. The van der Waals surface area contributed by atoms with Crippen molar-refractivity contribution in [2.75, 3.05) is 0 Å². The lowest BCUT2D eigenvalue weighted by molar-refractivity contribution is 0.667. The SMILES string of the molecule is CC.CC.Cc1ccc2sc3ccccc3c2c1.Cc1cccc2c1sc1ccccc12.c1ccc2c(c1)oc1cnccc12.c1ccc2c(c1)sc1cnccc12. The predicted octanol–water partition coefficient (Wildman–Crippen LogP) is 17.2. The average Bonchev–Trinajstić information content (AvgIpc) is 4.06. The van der Waals surface area contributed by atoms with Gasteiger partial charge in [0.2, 0.25) is 0 Å². The van der Waals surface area contributed by atoms with E-state index in [1.807, 2.05) is 87.0 Å². The minimum atomic E-state index is 0.851. The second kappa shape index (κ2) is 19.0. The van der Waals surface area contributed by atoms with E-state index >= 15 is 0 Å². The number of aromatic nitrogens is 2. The third kappa shape index (κ3) is 8.51. The van der Waals surface area contributed by atoms with Crippen molar-refractivity contribution in [1.29, 1.82) is 0 Å². The lowest BCUT2D eigenvalue weighted by Gasteiger charge is -1.93. The number of aryl methyl sites for hydroxylation is 2. The van der Waals surface area contributed by atoms with Crippen LogP contribution in [0.5, 0.6) is 0 Å². The van der Waals surface area contributed by atoms with Crippen LogP contribution in [-0.4, -0.2) is 9.97 Å². The van der Waals surface area contributed by atoms with Crippen LogP contribution >= 0.6 is 34.0 Å². The van der Waals surface area contributed by atoms with Crippen LogP contribution in [0.2, 0.25) is 0 Å². The standard InChI is InChI=1S/2C13H10S.C11H7NO.C11H7NS.2C2H6/c1-9-5-4-7-11-10-6-2-3-8-12(10)14-13(9)11;1-9-6-7-13-11(8-9)10-4-2-3-5-12(10)14-13;2*1-2-4-10-8(3-1)9-5-6-12-7-11(9)13-10;2*1-2/h2*2-8H,1H3;2*1-7H;2*1-2H3. The predicted molar refractivity (Wildman–Crippen MR) is 259 cm³/mol. The Balaban J connectivity index is 0.000000114. The zero-order valence-corrected chi connectivity index (χ0v) is 36.1. The van der Waals surface area contributed by atoms with Crippen LogP contribution < -0.4 is 0 Å². The first-order valence-electron chi connectivity index (χ1n) is 19.8. The van der Waals surface area contributed by atoms with Crippen LogP contribution in [0, 0.1) is 13.8 Å². The normalized spacial score (nSPS) is 10.6. The van der Waals surface area contributed by atoms with Crippen molar-refractivity contribution in [2.24, 2.45) is 0 Å². The number of thiophene rings is 3. The molecule has 6 heterocycles. The zero-order valence-electron chi connectivity index (χ0n) is 33.7. The summed E-state index contributed by atoms with van der Waals surface area (Å²) in [5.41, 5.74) is 4.49. The van der Waals surface area contributed by atoms with Crippen LogP contribution in [-0.2, 0) is 0 Å². The number of hydrogen-bond acceptors (Lipinski definition) is 6. The fourth-order valence-corrected chi connectivity index (χ4v) is 10.2. The Labute approximate surface area is 351 Å². The van der Waals surface area contributed by atoms with Gasteiger partial charge in [-0.25, -0.2) is 0 Å². The van der Waals surface area contributed by atoms with Crippen LogP contribution in [0.3, 0.4) is 0 Å². The van der Waals surface area contributed by atoms with Gasteiger partial charge in [0.15, 0.2) is 5.58 Å². The van der Waals surface area contributed by atoms with E-state index in [4.69, 9.17) is 4.42 Å². The lowest BCUT2D eigenvalue weighted by atomic mass is 10.1. The van der Waals surface area contributed by atoms with E-state index in [-0.39, 0.29) is 0 Å². The number of para-hydroxylation sites is 1. The number of nitrogens with zero attached hydrogens (tertiary/aromatic N) is 2. The third-order valence-corrected chi connectivity index (χ3v) is 13.1. The van der Waals surface area contributed by atoms with E-state index in [9.17, 15) is 0 Å². The van der Waals surface area contributed by atoms with E-state index in [2.05, 4.69) is 145 Å². The lowest BCUT2D eigenvalue weighted by Crippen LogP contribution is -1.69. The van der Waals surface area contributed by atoms with Gasteiger partial charge in [-0.15, -0.1) is 34.0 Å². The van der Waals surface area contributed by atoms with E-state index in [1.54, 1.807) is 23.7 Å². The molecule has 0 unspecified atom stereocenters. The Bertz CT molecular complexity index is 3000. The summed E-state index contributed by atoms with van der Waals surface area (Å²) in [5.74, 6) is 0. The maximum Gasteiger partial charge on any atom is 0.153 e. The zero-order chi connectivity index (χ0) is 40.4. The Kier molecular flexibility index (Phi) is 13.2. The largest absolute Gasteiger partial charge is 0.454 e.